The summed E-state index contributed by atoms with van der Waals surface area (Å²) in [7, 11) is 3.19. The Kier molecular flexibility index (Phi) is 3.42. The number of methoxy groups -OCH3 is 2. The zero-order chi connectivity index (χ0) is 10.7. The quantitative estimate of drug-likeness (QED) is 0.773. The summed E-state index contributed by atoms with van der Waals surface area (Å²) in [6.45, 7) is 0. The van der Waals surface area contributed by atoms with Crippen LogP contribution in [0.4, 0.5) is 0 Å². The largest absolute Gasteiger partial charge is 0.350 e. The van der Waals surface area contributed by atoms with Gasteiger partial charge in [0.15, 0.2) is 0 Å². The Morgan fingerprint density at radius 3 is 2.67 bits per heavy atom. The molecule has 0 aliphatic heterocycles. The smallest absolute Gasteiger partial charge is 0.201 e. The van der Waals surface area contributed by atoms with Crippen LogP contribution in [0.2, 0.25) is 0 Å². The molecule has 0 atom stereocenters. The summed E-state index contributed by atoms with van der Waals surface area (Å²) in [6, 6.07) is 0. The highest BCUT2D eigenvalue weighted by atomic mass is 32.1. The van der Waals surface area contributed by atoms with Crippen LogP contribution in [-0.4, -0.2) is 24.2 Å². The van der Waals surface area contributed by atoms with Crippen molar-refractivity contribution < 1.29 is 9.47 Å². The van der Waals surface area contributed by atoms with E-state index in [1.165, 1.54) is 0 Å². The minimum atomic E-state index is -0.386. The predicted octanol–water partition coefficient (Wildman–Crippen LogP) is 2.56. The maximum Gasteiger partial charge on any atom is 0.201 e. The van der Waals surface area contributed by atoms with Crippen LogP contribution in [0.15, 0.2) is 17.1 Å². The molecule has 2 rings (SSSR count). The second kappa shape index (κ2) is 4.80. The number of nitrogens with zero attached hydrogens (tertiary/aromatic N) is 2. The van der Waals surface area contributed by atoms with Gasteiger partial charge in [0.25, 0.3) is 0 Å². The Bertz CT molecular complexity index is 409. The lowest BCUT2D eigenvalue weighted by Crippen LogP contribution is -2.03. The number of hydrogen-bond donors (Lipinski definition) is 0. The number of hydrogen-bond acceptors (Lipinski definition) is 6. The van der Waals surface area contributed by atoms with E-state index in [0.717, 1.165) is 15.6 Å². The molecule has 0 bridgehead atoms. The third kappa shape index (κ3) is 2.23. The Labute approximate surface area is 95.5 Å². The summed E-state index contributed by atoms with van der Waals surface area (Å²) < 4.78 is 10.3. The first-order chi connectivity index (χ1) is 7.35. The Hall–Kier alpha value is -0.820. The molecule has 0 N–H and O–H groups in total. The molecule has 80 valence electrons. The summed E-state index contributed by atoms with van der Waals surface area (Å²) in [6.07, 6.45) is 1.42. The third-order valence-electron chi connectivity index (χ3n) is 1.83. The molecule has 0 aliphatic carbocycles. The van der Waals surface area contributed by atoms with E-state index in [-0.39, 0.29) is 6.29 Å². The predicted molar refractivity (Wildman–Crippen MR) is 60.0 cm³/mol. The molecular weight excluding hydrogens is 232 g/mol. The fourth-order valence-corrected chi connectivity index (χ4v) is 2.68. The van der Waals surface area contributed by atoms with Crippen molar-refractivity contribution in [1.82, 2.24) is 9.97 Å². The molecule has 4 nitrogen and oxygen atoms in total. The highest BCUT2D eigenvalue weighted by Crippen LogP contribution is 2.29. The summed E-state index contributed by atoms with van der Waals surface area (Å²) in [5.74, 6) is 0. The molecule has 0 fully saturated rings. The molecule has 0 spiro atoms. The molecule has 2 heterocycles. The monoisotopic (exact) mass is 242 g/mol. The van der Waals surface area contributed by atoms with Crippen LogP contribution in [0.25, 0.3) is 9.88 Å². The van der Waals surface area contributed by atoms with Gasteiger partial charge in [0.1, 0.15) is 10.7 Å². The van der Waals surface area contributed by atoms with Gasteiger partial charge < -0.3 is 9.47 Å². The summed E-state index contributed by atoms with van der Waals surface area (Å²) in [5, 5.41) is 2.89. The minimum absolute atomic E-state index is 0.386. The molecule has 0 radical (unpaired) electrons. The van der Waals surface area contributed by atoms with Crippen LogP contribution < -0.4 is 0 Å². The Balaban J connectivity index is 2.24. The molecular formula is C9H10N2O2S2. The highest BCUT2D eigenvalue weighted by Gasteiger charge is 2.14. The number of aromatic nitrogens is 2. The highest BCUT2D eigenvalue weighted by molar-refractivity contribution is 7.19. The van der Waals surface area contributed by atoms with Crippen molar-refractivity contribution in [1.29, 1.82) is 0 Å². The van der Waals surface area contributed by atoms with Crippen molar-refractivity contribution in [3.63, 3.8) is 0 Å². The van der Waals surface area contributed by atoms with Gasteiger partial charge in [-0.3, -0.25) is 4.98 Å². The van der Waals surface area contributed by atoms with Gasteiger partial charge in [0.05, 0.1) is 10.4 Å². The Morgan fingerprint density at radius 2 is 2.07 bits per heavy atom. The van der Waals surface area contributed by atoms with Crippen LogP contribution in [0, 0.1) is 0 Å². The van der Waals surface area contributed by atoms with Gasteiger partial charge in [0, 0.05) is 25.8 Å². The van der Waals surface area contributed by atoms with E-state index >= 15 is 0 Å². The van der Waals surface area contributed by atoms with E-state index in [0.29, 0.717) is 0 Å². The molecule has 0 aromatic carbocycles. The van der Waals surface area contributed by atoms with Crippen molar-refractivity contribution in [3.8, 4) is 9.88 Å². The van der Waals surface area contributed by atoms with Gasteiger partial charge in [-0.2, -0.15) is 0 Å². The zero-order valence-electron chi connectivity index (χ0n) is 8.34. The number of rotatable bonds is 4. The molecule has 0 saturated heterocycles. The fraction of sp³-hybridized carbons (Fsp3) is 0.333. The molecule has 0 saturated carbocycles. The molecule has 0 aliphatic rings. The van der Waals surface area contributed by atoms with E-state index in [2.05, 4.69) is 9.97 Å². The molecule has 2 aromatic heterocycles. The average Bonchev–Trinajstić information content (AvgIpc) is 2.89. The first-order valence-electron chi connectivity index (χ1n) is 4.25. The van der Waals surface area contributed by atoms with E-state index in [9.17, 15) is 0 Å². The minimum Gasteiger partial charge on any atom is -0.350 e. The lowest BCUT2D eigenvalue weighted by molar-refractivity contribution is -0.108. The normalized spacial score (nSPS) is 11.1. The maximum atomic E-state index is 5.13. The first kappa shape index (κ1) is 10.7. The van der Waals surface area contributed by atoms with Crippen molar-refractivity contribution in [3.05, 3.63) is 22.8 Å². The topological polar surface area (TPSA) is 44.2 Å². The number of thiazole rings is 2. The molecule has 15 heavy (non-hydrogen) atoms. The van der Waals surface area contributed by atoms with E-state index in [1.54, 1.807) is 42.4 Å². The van der Waals surface area contributed by atoms with Crippen molar-refractivity contribution in [2.24, 2.45) is 0 Å². The standard InChI is InChI=1S/C9H10N2O2S2/c1-12-9(13-2)6-4-14-8(11-6)7-3-10-5-15-7/h3-5,9H,1-2H3. The Morgan fingerprint density at radius 1 is 1.27 bits per heavy atom. The van der Waals surface area contributed by atoms with Gasteiger partial charge in [-0.25, -0.2) is 4.98 Å². The van der Waals surface area contributed by atoms with Gasteiger partial charge in [-0.1, -0.05) is 0 Å². The van der Waals surface area contributed by atoms with Crippen molar-refractivity contribution in [2.45, 2.75) is 6.29 Å². The molecule has 2 aromatic rings. The van der Waals surface area contributed by atoms with Crippen LogP contribution in [0.5, 0.6) is 0 Å². The van der Waals surface area contributed by atoms with E-state index in [4.69, 9.17) is 9.47 Å². The van der Waals surface area contributed by atoms with E-state index in [1.807, 2.05) is 11.6 Å². The van der Waals surface area contributed by atoms with Crippen molar-refractivity contribution in [2.75, 3.05) is 14.2 Å². The first-order valence-corrected chi connectivity index (χ1v) is 6.01. The zero-order valence-corrected chi connectivity index (χ0v) is 9.97. The fourth-order valence-electron chi connectivity index (χ4n) is 1.17. The summed E-state index contributed by atoms with van der Waals surface area (Å²) in [4.78, 5) is 9.52. The van der Waals surface area contributed by atoms with Gasteiger partial charge in [-0.15, -0.1) is 22.7 Å². The van der Waals surface area contributed by atoms with Crippen molar-refractivity contribution >= 4 is 22.7 Å². The lowest BCUT2D eigenvalue weighted by Gasteiger charge is -2.09. The maximum absolute atomic E-state index is 5.13. The number of ether oxygens (including phenoxy) is 2. The average molecular weight is 242 g/mol. The van der Waals surface area contributed by atoms with Crippen LogP contribution in [0.3, 0.4) is 0 Å². The van der Waals surface area contributed by atoms with Crippen LogP contribution in [-0.2, 0) is 9.47 Å². The van der Waals surface area contributed by atoms with Crippen LogP contribution >= 0.6 is 22.7 Å². The molecule has 0 unspecified atom stereocenters. The van der Waals surface area contributed by atoms with Crippen LogP contribution in [0.1, 0.15) is 12.0 Å². The second-order valence-corrected chi connectivity index (χ2v) is 4.49. The summed E-state index contributed by atoms with van der Waals surface area (Å²) in [5.41, 5.74) is 2.59. The summed E-state index contributed by atoms with van der Waals surface area (Å²) >= 11 is 3.14. The third-order valence-corrected chi connectivity index (χ3v) is 3.64. The van der Waals surface area contributed by atoms with Gasteiger partial charge in [0.2, 0.25) is 6.29 Å². The SMILES string of the molecule is COC(OC)c1csc(-c2cncs2)n1. The molecule has 0 amide bonds. The van der Waals surface area contributed by atoms with Gasteiger partial charge in [-0.05, 0) is 0 Å². The van der Waals surface area contributed by atoms with E-state index < -0.39 is 0 Å². The van der Waals surface area contributed by atoms with Gasteiger partial charge >= 0.3 is 0 Å². The molecule has 6 heteroatoms. The lowest BCUT2D eigenvalue weighted by atomic mass is 10.4. The second-order valence-electron chi connectivity index (χ2n) is 2.75.